The van der Waals surface area contributed by atoms with E-state index < -0.39 is 6.10 Å². The Morgan fingerprint density at radius 2 is 1.58 bits per heavy atom. The molecular weight excluding hydrogens is 418 g/mol. The molecule has 1 fully saturated rings. The Bertz CT molecular complexity index is 1050. The summed E-state index contributed by atoms with van der Waals surface area (Å²) < 4.78 is 11.1. The molecular formula is C26H27N3O4. The van der Waals surface area contributed by atoms with Crippen LogP contribution in [0.1, 0.15) is 28.9 Å². The molecule has 0 spiro atoms. The summed E-state index contributed by atoms with van der Waals surface area (Å²) in [6, 6.07) is 22.5. The van der Waals surface area contributed by atoms with E-state index in [1.807, 2.05) is 71.6 Å². The number of hydrogen-bond acceptors (Lipinski definition) is 6. The molecule has 7 heteroatoms. The summed E-state index contributed by atoms with van der Waals surface area (Å²) in [7, 11) is 0. The van der Waals surface area contributed by atoms with Crippen molar-refractivity contribution in [3.05, 3.63) is 90.1 Å². The number of benzene rings is 2. The molecule has 33 heavy (non-hydrogen) atoms. The Hall–Kier alpha value is -3.87. The first kappa shape index (κ1) is 22.3. The first-order chi connectivity index (χ1) is 16.2. The van der Waals surface area contributed by atoms with Gasteiger partial charge >= 0.3 is 5.97 Å². The van der Waals surface area contributed by atoms with Gasteiger partial charge in [0.05, 0.1) is 12.2 Å². The first-order valence-corrected chi connectivity index (χ1v) is 11.1. The number of esters is 1. The normalized spacial score (nSPS) is 14.5. The van der Waals surface area contributed by atoms with Gasteiger partial charge < -0.3 is 19.3 Å². The zero-order valence-corrected chi connectivity index (χ0v) is 18.6. The largest absolute Gasteiger partial charge is 0.476 e. The summed E-state index contributed by atoms with van der Waals surface area (Å²) >= 11 is 0. The van der Waals surface area contributed by atoms with Crippen LogP contribution in [0.3, 0.4) is 0 Å². The van der Waals surface area contributed by atoms with Crippen LogP contribution in [0.4, 0.5) is 5.82 Å². The predicted octanol–water partition coefficient (Wildman–Crippen LogP) is 3.73. The van der Waals surface area contributed by atoms with Crippen LogP contribution in [0.15, 0.2) is 79.0 Å². The highest BCUT2D eigenvalue weighted by Gasteiger charge is 2.30. The molecule has 1 unspecified atom stereocenters. The number of pyridine rings is 1. The van der Waals surface area contributed by atoms with E-state index in [2.05, 4.69) is 9.88 Å². The third-order valence-electron chi connectivity index (χ3n) is 5.50. The van der Waals surface area contributed by atoms with E-state index in [1.165, 1.54) is 6.20 Å². The van der Waals surface area contributed by atoms with Crippen molar-refractivity contribution in [2.75, 3.05) is 37.7 Å². The number of hydrogen-bond donors (Lipinski definition) is 0. The van der Waals surface area contributed by atoms with Gasteiger partial charge in [0, 0.05) is 37.9 Å². The van der Waals surface area contributed by atoms with Gasteiger partial charge in [-0.2, -0.15) is 0 Å². The molecule has 1 atom stereocenters. The van der Waals surface area contributed by atoms with E-state index in [-0.39, 0.29) is 11.9 Å². The molecule has 3 aromatic rings. The van der Waals surface area contributed by atoms with Crippen LogP contribution in [-0.4, -0.2) is 54.5 Å². The van der Waals surface area contributed by atoms with Gasteiger partial charge in [0.2, 0.25) is 6.10 Å². The van der Waals surface area contributed by atoms with Gasteiger partial charge in [-0.25, -0.2) is 9.78 Å². The van der Waals surface area contributed by atoms with Crippen molar-refractivity contribution in [3.8, 4) is 5.75 Å². The lowest BCUT2D eigenvalue weighted by Crippen LogP contribution is -2.50. The Kier molecular flexibility index (Phi) is 7.19. The summed E-state index contributed by atoms with van der Waals surface area (Å²) in [5.74, 6) is 0.993. The third-order valence-corrected chi connectivity index (χ3v) is 5.50. The maximum Gasteiger partial charge on any atom is 0.339 e. The zero-order chi connectivity index (χ0) is 23.0. The molecule has 2 heterocycles. The van der Waals surface area contributed by atoms with E-state index in [0.29, 0.717) is 44.1 Å². The van der Waals surface area contributed by atoms with Crippen molar-refractivity contribution in [1.29, 1.82) is 0 Å². The van der Waals surface area contributed by atoms with Crippen LogP contribution in [-0.2, 0) is 9.53 Å². The van der Waals surface area contributed by atoms with E-state index in [4.69, 9.17) is 9.47 Å². The van der Waals surface area contributed by atoms with Crippen LogP contribution in [0, 0.1) is 0 Å². The highest BCUT2D eigenvalue weighted by atomic mass is 16.5. The Labute approximate surface area is 193 Å². The van der Waals surface area contributed by atoms with Crippen LogP contribution >= 0.6 is 0 Å². The van der Waals surface area contributed by atoms with Crippen molar-refractivity contribution in [3.63, 3.8) is 0 Å². The van der Waals surface area contributed by atoms with Gasteiger partial charge in [0.15, 0.2) is 0 Å². The lowest BCUT2D eigenvalue weighted by Gasteiger charge is -2.37. The van der Waals surface area contributed by atoms with Gasteiger partial charge in [-0.05, 0) is 31.2 Å². The van der Waals surface area contributed by atoms with Crippen molar-refractivity contribution < 1.29 is 19.1 Å². The lowest BCUT2D eigenvalue weighted by molar-refractivity contribution is -0.139. The minimum atomic E-state index is -0.706. The molecule has 0 bridgehead atoms. The van der Waals surface area contributed by atoms with Crippen LogP contribution in [0.25, 0.3) is 0 Å². The fourth-order valence-electron chi connectivity index (χ4n) is 3.75. The Morgan fingerprint density at radius 1 is 0.909 bits per heavy atom. The number of ether oxygens (including phenoxy) is 2. The molecule has 1 aliphatic rings. The fourth-order valence-corrected chi connectivity index (χ4v) is 3.75. The van der Waals surface area contributed by atoms with Gasteiger partial charge in [-0.15, -0.1) is 0 Å². The van der Waals surface area contributed by atoms with E-state index in [1.54, 1.807) is 13.0 Å². The van der Waals surface area contributed by atoms with Gasteiger partial charge in [-0.3, -0.25) is 4.79 Å². The molecule has 1 amide bonds. The van der Waals surface area contributed by atoms with Crippen molar-refractivity contribution >= 4 is 17.7 Å². The average molecular weight is 446 g/mol. The monoisotopic (exact) mass is 445 g/mol. The second-order valence-electron chi connectivity index (χ2n) is 7.66. The van der Waals surface area contributed by atoms with Crippen LogP contribution < -0.4 is 9.64 Å². The standard InChI is InChI=1S/C26H27N3O4/c1-2-32-26(31)21-13-14-23(27-19-21)28-15-17-29(18-16-28)25(30)24(20-9-5-3-6-10-20)33-22-11-7-4-8-12-22/h3-14,19,24H,2,15-18H2,1H3. The summed E-state index contributed by atoms with van der Waals surface area (Å²) in [6.07, 6.45) is 0.825. The molecule has 1 aromatic heterocycles. The smallest absolute Gasteiger partial charge is 0.339 e. The molecule has 0 aliphatic carbocycles. The van der Waals surface area contributed by atoms with Gasteiger partial charge in [-0.1, -0.05) is 48.5 Å². The molecule has 2 aromatic carbocycles. The lowest BCUT2D eigenvalue weighted by atomic mass is 10.1. The van der Waals surface area contributed by atoms with Crippen LogP contribution in [0.5, 0.6) is 5.75 Å². The second-order valence-corrected chi connectivity index (χ2v) is 7.66. The number of para-hydroxylation sites is 1. The van der Waals surface area contributed by atoms with E-state index in [9.17, 15) is 9.59 Å². The second kappa shape index (κ2) is 10.6. The Morgan fingerprint density at radius 3 is 2.18 bits per heavy atom. The minimum absolute atomic E-state index is 0.0599. The van der Waals surface area contributed by atoms with E-state index in [0.717, 1.165) is 11.4 Å². The number of carbonyl (C=O) groups is 2. The topological polar surface area (TPSA) is 72.0 Å². The van der Waals surface area contributed by atoms with Gasteiger partial charge in [0.25, 0.3) is 5.91 Å². The number of rotatable bonds is 7. The number of anilines is 1. The number of nitrogens with zero attached hydrogens (tertiary/aromatic N) is 3. The van der Waals surface area contributed by atoms with E-state index >= 15 is 0 Å². The number of amides is 1. The summed E-state index contributed by atoms with van der Waals surface area (Å²) in [5.41, 5.74) is 1.25. The molecule has 1 saturated heterocycles. The molecule has 1 aliphatic heterocycles. The SMILES string of the molecule is CCOC(=O)c1ccc(N2CCN(C(=O)C(Oc3ccccc3)c3ccccc3)CC2)nc1. The summed E-state index contributed by atoms with van der Waals surface area (Å²) in [4.78, 5) is 33.6. The molecule has 7 nitrogen and oxygen atoms in total. The quantitative estimate of drug-likeness (QED) is 0.516. The van der Waals surface area contributed by atoms with Crippen molar-refractivity contribution in [2.24, 2.45) is 0 Å². The zero-order valence-electron chi connectivity index (χ0n) is 18.6. The Balaban J connectivity index is 1.42. The maximum absolute atomic E-state index is 13.4. The molecule has 170 valence electrons. The number of aromatic nitrogens is 1. The highest BCUT2D eigenvalue weighted by molar-refractivity contribution is 5.89. The van der Waals surface area contributed by atoms with Gasteiger partial charge in [0.1, 0.15) is 11.6 Å². The van der Waals surface area contributed by atoms with Crippen LogP contribution in [0.2, 0.25) is 0 Å². The summed E-state index contributed by atoms with van der Waals surface area (Å²) in [6.45, 7) is 4.50. The molecule has 0 saturated carbocycles. The molecule has 0 N–H and O–H groups in total. The van der Waals surface area contributed by atoms with Crippen molar-refractivity contribution in [1.82, 2.24) is 9.88 Å². The number of piperazine rings is 1. The van der Waals surface area contributed by atoms with Crippen molar-refractivity contribution in [2.45, 2.75) is 13.0 Å². The fraction of sp³-hybridized carbons (Fsp3) is 0.269. The molecule has 4 rings (SSSR count). The summed E-state index contributed by atoms with van der Waals surface area (Å²) in [5, 5.41) is 0. The molecule has 0 radical (unpaired) electrons. The maximum atomic E-state index is 13.4. The minimum Gasteiger partial charge on any atom is -0.476 e. The predicted molar refractivity (Wildman–Crippen MR) is 125 cm³/mol. The highest BCUT2D eigenvalue weighted by Crippen LogP contribution is 2.25. The number of carbonyl (C=O) groups excluding carboxylic acids is 2. The third kappa shape index (κ3) is 5.49. The average Bonchev–Trinajstić information content (AvgIpc) is 2.88. The first-order valence-electron chi connectivity index (χ1n) is 11.1.